The zero-order valence-corrected chi connectivity index (χ0v) is 14.8. The number of imidazole rings is 1. The van der Waals surface area contributed by atoms with Gasteiger partial charge in [-0.05, 0) is 42.4 Å². The van der Waals surface area contributed by atoms with Gasteiger partial charge in [0, 0.05) is 31.7 Å². The number of tetrazole rings is 1. The van der Waals surface area contributed by atoms with Crippen LogP contribution < -0.4 is 4.90 Å². The Morgan fingerprint density at radius 2 is 1.88 bits per heavy atom. The van der Waals surface area contributed by atoms with Gasteiger partial charge >= 0.3 is 0 Å². The fourth-order valence-electron chi connectivity index (χ4n) is 4.40. The van der Waals surface area contributed by atoms with E-state index in [4.69, 9.17) is 0 Å². The Morgan fingerprint density at radius 3 is 2.69 bits per heavy atom. The average molecular weight is 350 g/mol. The lowest BCUT2D eigenvalue weighted by atomic mass is 9.79. The summed E-state index contributed by atoms with van der Waals surface area (Å²) in [6.07, 6.45) is 4.92. The van der Waals surface area contributed by atoms with Gasteiger partial charge in [-0.1, -0.05) is 23.3 Å². The first-order chi connectivity index (χ1) is 12.8. The number of aromatic amines is 1. The van der Waals surface area contributed by atoms with Crippen LogP contribution in [0.15, 0.2) is 36.7 Å². The molecule has 1 aromatic carbocycles. The maximum absolute atomic E-state index is 4.68. The quantitative estimate of drug-likeness (QED) is 0.752. The molecule has 2 aromatic heterocycles. The minimum absolute atomic E-state index is 0.0229. The van der Waals surface area contributed by atoms with Crippen LogP contribution >= 0.6 is 0 Å². The van der Waals surface area contributed by atoms with Crippen molar-refractivity contribution in [1.82, 2.24) is 35.1 Å². The third-order valence-electron chi connectivity index (χ3n) is 5.91. The standard InChI is InChI=1S/C18H22N8/c1-24-10-7-15-16(20-13-19-15)18(24)8-11-25(12-9-18)17-21-22-23-26(17)14-5-3-2-4-6-14/h2-6,13H,7-12H2,1H3,(H,19,20). The number of nitrogens with zero attached hydrogens (tertiary/aromatic N) is 7. The normalized spacial score (nSPS) is 19.7. The van der Waals surface area contributed by atoms with Gasteiger partial charge < -0.3 is 9.88 Å². The predicted molar refractivity (Wildman–Crippen MR) is 97.2 cm³/mol. The van der Waals surface area contributed by atoms with E-state index < -0.39 is 0 Å². The molecule has 0 aliphatic carbocycles. The lowest BCUT2D eigenvalue weighted by molar-refractivity contribution is 0.0709. The summed E-state index contributed by atoms with van der Waals surface area (Å²) in [5.41, 5.74) is 3.53. The second kappa shape index (κ2) is 5.91. The van der Waals surface area contributed by atoms with Crippen LogP contribution in [0.25, 0.3) is 5.69 Å². The number of piperidine rings is 1. The number of aromatic nitrogens is 6. The molecule has 26 heavy (non-hydrogen) atoms. The zero-order chi connectivity index (χ0) is 17.6. The van der Waals surface area contributed by atoms with Gasteiger partial charge in [0.15, 0.2) is 0 Å². The zero-order valence-electron chi connectivity index (χ0n) is 14.8. The second-order valence-corrected chi connectivity index (χ2v) is 7.15. The SMILES string of the molecule is CN1CCc2[nH]cnc2C12CCN(c1nnnn1-c1ccccc1)CC2. The van der Waals surface area contributed by atoms with E-state index in [0.717, 1.165) is 50.5 Å². The van der Waals surface area contributed by atoms with Gasteiger partial charge in [-0.15, -0.1) is 0 Å². The third-order valence-corrected chi connectivity index (χ3v) is 5.91. The molecule has 0 atom stereocenters. The van der Waals surface area contributed by atoms with Gasteiger partial charge in [-0.2, -0.15) is 4.68 Å². The molecule has 0 saturated carbocycles. The maximum Gasteiger partial charge on any atom is 0.250 e. The molecule has 1 N–H and O–H groups in total. The minimum atomic E-state index is 0.0229. The molecule has 1 saturated heterocycles. The summed E-state index contributed by atoms with van der Waals surface area (Å²) in [6.45, 7) is 2.88. The van der Waals surface area contributed by atoms with E-state index in [1.54, 1.807) is 0 Å². The van der Waals surface area contributed by atoms with E-state index in [0.29, 0.717) is 0 Å². The van der Waals surface area contributed by atoms with Crippen molar-refractivity contribution in [3.63, 3.8) is 0 Å². The summed E-state index contributed by atoms with van der Waals surface area (Å²) >= 11 is 0. The molecule has 4 heterocycles. The van der Waals surface area contributed by atoms with Gasteiger partial charge in [0.05, 0.1) is 23.2 Å². The molecule has 0 bridgehead atoms. The molecule has 0 unspecified atom stereocenters. The summed E-state index contributed by atoms with van der Waals surface area (Å²) in [6, 6.07) is 10.1. The number of rotatable bonds is 2. The Kier molecular flexibility index (Phi) is 3.53. The first kappa shape index (κ1) is 15.5. The molecule has 2 aliphatic rings. The van der Waals surface area contributed by atoms with Gasteiger partial charge in [0.2, 0.25) is 5.95 Å². The number of benzene rings is 1. The van der Waals surface area contributed by atoms with Crippen LogP contribution in [0, 0.1) is 0 Å². The monoisotopic (exact) mass is 350 g/mol. The fraction of sp³-hybridized carbons (Fsp3) is 0.444. The summed E-state index contributed by atoms with van der Waals surface area (Å²) in [4.78, 5) is 12.8. The lowest BCUT2D eigenvalue weighted by Gasteiger charge is -2.49. The Labute approximate surface area is 151 Å². The molecule has 1 fully saturated rings. The van der Waals surface area contributed by atoms with Crippen LogP contribution in [0.2, 0.25) is 0 Å². The lowest BCUT2D eigenvalue weighted by Crippen LogP contribution is -2.55. The number of fused-ring (bicyclic) bond motifs is 2. The Hall–Kier alpha value is -2.74. The van der Waals surface area contributed by atoms with Crippen molar-refractivity contribution < 1.29 is 0 Å². The Balaban J connectivity index is 1.42. The number of hydrogen-bond donors (Lipinski definition) is 1. The molecule has 8 nitrogen and oxygen atoms in total. The first-order valence-electron chi connectivity index (χ1n) is 9.11. The van der Waals surface area contributed by atoms with Gasteiger partial charge in [-0.25, -0.2) is 4.98 Å². The van der Waals surface area contributed by atoms with Crippen LogP contribution in [-0.2, 0) is 12.0 Å². The third kappa shape index (κ3) is 2.25. The highest BCUT2D eigenvalue weighted by Gasteiger charge is 2.45. The first-order valence-corrected chi connectivity index (χ1v) is 9.11. The number of H-pyrrole nitrogens is 1. The average Bonchev–Trinajstić information content (AvgIpc) is 3.36. The van der Waals surface area contributed by atoms with Crippen LogP contribution in [-0.4, -0.2) is 61.8 Å². The summed E-state index contributed by atoms with van der Waals surface area (Å²) in [5.74, 6) is 0.812. The molecule has 2 aliphatic heterocycles. The van der Waals surface area contributed by atoms with Crippen LogP contribution in [0.1, 0.15) is 24.2 Å². The topological polar surface area (TPSA) is 78.8 Å². The number of nitrogens with one attached hydrogen (secondary N) is 1. The van der Waals surface area contributed by atoms with Crippen LogP contribution in [0.5, 0.6) is 0 Å². The van der Waals surface area contributed by atoms with Crippen molar-refractivity contribution in [2.75, 3.05) is 31.6 Å². The van der Waals surface area contributed by atoms with Crippen molar-refractivity contribution in [2.45, 2.75) is 24.8 Å². The van der Waals surface area contributed by atoms with Gasteiger partial charge in [0.25, 0.3) is 0 Å². The van der Waals surface area contributed by atoms with Gasteiger partial charge in [-0.3, -0.25) is 4.90 Å². The molecule has 5 rings (SSSR count). The molecular weight excluding hydrogens is 328 g/mol. The highest BCUT2D eigenvalue weighted by molar-refractivity contribution is 5.41. The highest BCUT2D eigenvalue weighted by Crippen LogP contribution is 2.41. The van der Waals surface area contributed by atoms with E-state index in [1.165, 1.54) is 11.4 Å². The molecule has 134 valence electrons. The molecule has 0 radical (unpaired) electrons. The summed E-state index contributed by atoms with van der Waals surface area (Å²) in [5, 5.41) is 12.4. The number of hydrogen-bond acceptors (Lipinski definition) is 6. The minimum Gasteiger partial charge on any atom is -0.348 e. The molecule has 8 heteroatoms. The van der Waals surface area contributed by atoms with Crippen molar-refractivity contribution in [3.05, 3.63) is 48.0 Å². The van der Waals surface area contributed by atoms with E-state index in [-0.39, 0.29) is 5.54 Å². The fourth-order valence-corrected chi connectivity index (χ4v) is 4.40. The van der Waals surface area contributed by atoms with Crippen LogP contribution in [0.3, 0.4) is 0 Å². The summed E-state index contributed by atoms with van der Waals surface area (Å²) in [7, 11) is 2.22. The molecular formula is C18H22N8. The van der Waals surface area contributed by atoms with Crippen molar-refractivity contribution >= 4 is 5.95 Å². The van der Waals surface area contributed by atoms with E-state index >= 15 is 0 Å². The molecule has 1 spiro atoms. The van der Waals surface area contributed by atoms with Gasteiger partial charge in [0.1, 0.15) is 0 Å². The summed E-state index contributed by atoms with van der Waals surface area (Å²) < 4.78 is 1.82. The number of likely N-dealkylation sites (N-methyl/N-ethyl adjacent to an activating group) is 1. The highest BCUT2D eigenvalue weighted by atomic mass is 15.6. The predicted octanol–water partition coefficient (Wildman–Crippen LogP) is 1.37. The Bertz CT molecular complexity index is 891. The second-order valence-electron chi connectivity index (χ2n) is 7.15. The largest absolute Gasteiger partial charge is 0.348 e. The van der Waals surface area contributed by atoms with Crippen LogP contribution in [0.4, 0.5) is 5.95 Å². The Morgan fingerprint density at radius 1 is 1.08 bits per heavy atom. The maximum atomic E-state index is 4.68. The van der Waals surface area contributed by atoms with Crippen molar-refractivity contribution in [1.29, 1.82) is 0 Å². The van der Waals surface area contributed by atoms with E-state index in [9.17, 15) is 0 Å². The van der Waals surface area contributed by atoms with Crippen molar-refractivity contribution in [2.24, 2.45) is 0 Å². The van der Waals surface area contributed by atoms with E-state index in [2.05, 4.69) is 42.3 Å². The van der Waals surface area contributed by atoms with E-state index in [1.807, 2.05) is 41.3 Å². The van der Waals surface area contributed by atoms with Crippen molar-refractivity contribution in [3.8, 4) is 5.69 Å². The number of para-hydroxylation sites is 1. The number of anilines is 1. The molecule has 3 aromatic rings. The molecule has 0 amide bonds. The smallest absolute Gasteiger partial charge is 0.250 e.